The van der Waals surface area contributed by atoms with Crippen molar-refractivity contribution in [2.45, 2.75) is 37.5 Å². The summed E-state index contributed by atoms with van der Waals surface area (Å²) < 4.78 is 0. The van der Waals surface area contributed by atoms with Gasteiger partial charge in [-0.2, -0.15) is 5.10 Å². The lowest BCUT2D eigenvalue weighted by atomic mass is 9.95. The standard InChI is InChI=1S/C25H24N6O/c32-25(31-13-9-18(10-14-31)24-28-23(29-30-24)17-5-6-17)20-15-22(16-7-11-26-12-8-16)27-21-4-2-1-3-19(20)21/h1-4,7-8,11-12,15,17-18H,5-6,9-10,13-14H2,(H,28,29,30). The van der Waals surface area contributed by atoms with E-state index in [1.165, 1.54) is 12.8 Å². The molecule has 1 aliphatic carbocycles. The Morgan fingerprint density at radius 2 is 1.72 bits per heavy atom. The summed E-state index contributed by atoms with van der Waals surface area (Å²) in [4.78, 5) is 29.2. The maximum atomic E-state index is 13.6. The summed E-state index contributed by atoms with van der Waals surface area (Å²) in [5.41, 5.74) is 3.28. The van der Waals surface area contributed by atoms with E-state index in [0.29, 0.717) is 30.5 Å². The number of piperidine rings is 1. The molecule has 7 nitrogen and oxygen atoms in total. The number of pyridine rings is 2. The molecule has 0 atom stereocenters. The molecule has 2 aliphatic rings. The number of carbonyl (C=O) groups is 1. The number of nitrogens with one attached hydrogen (secondary N) is 1. The number of benzene rings is 1. The van der Waals surface area contributed by atoms with E-state index in [0.717, 1.165) is 46.7 Å². The smallest absolute Gasteiger partial charge is 0.254 e. The van der Waals surface area contributed by atoms with Crippen LogP contribution in [-0.2, 0) is 0 Å². The van der Waals surface area contributed by atoms with Gasteiger partial charge in [0.1, 0.15) is 5.82 Å². The van der Waals surface area contributed by atoms with Crippen LogP contribution >= 0.6 is 0 Å². The fourth-order valence-corrected chi connectivity index (χ4v) is 4.54. The molecule has 0 unspecified atom stereocenters. The third-order valence-corrected chi connectivity index (χ3v) is 6.55. The van der Waals surface area contributed by atoms with Crippen molar-refractivity contribution in [3.05, 3.63) is 72.1 Å². The van der Waals surface area contributed by atoms with E-state index in [-0.39, 0.29) is 5.91 Å². The predicted octanol–water partition coefficient (Wildman–Crippen LogP) is 4.31. The van der Waals surface area contributed by atoms with Gasteiger partial charge in [0, 0.05) is 48.3 Å². The van der Waals surface area contributed by atoms with Gasteiger partial charge in [-0.3, -0.25) is 14.9 Å². The minimum Gasteiger partial charge on any atom is -0.339 e. The molecule has 0 radical (unpaired) electrons. The zero-order valence-electron chi connectivity index (χ0n) is 17.7. The molecule has 4 heterocycles. The summed E-state index contributed by atoms with van der Waals surface area (Å²) in [6.45, 7) is 1.43. The van der Waals surface area contributed by atoms with Gasteiger partial charge in [-0.05, 0) is 49.9 Å². The van der Waals surface area contributed by atoms with Crippen LogP contribution in [0.25, 0.3) is 22.2 Å². The molecule has 4 aromatic rings. The Labute approximate surface area is 185 Å². The van der Waals surface area contributed by atoms with E-state index in [2.05, 4.69) is 15.2 Å². The lowest BCUT2D eigenvalue weighted by Crippen LogP contribution is -2.38. The van der Waals surface area contributed by atoms with Crippen molar-refractivity contribution in [2.75, 3.05) is 13.1 Å². The highest BCUT2D eigenvalue weighted by atomic mass is 16.2. The third-order valence-electron chi connectivity index (χ3n) is 6.55. The van der Waals surface area contributed by atoms with E-state index in [9.17, 15) is 4.79 Å². The number of fused-ring (bicyclic) bond motifs is 1. The Morgan fingerprint density at radius 1 is 0.938 bits per heavy atom. The number of rotatable bonds is 4. The normalized spacial score (nSPS) is 17.1. The summed E-state index contributed by atoms with van der Waals surface area (Å²) in [7, 11) is 0. The Hall–Kier alpha value is -3.61. The summed E-state index contributed by atoms with van der Waals surface area (Å²) in [6, 6.07) is 13.6. The molecular weight excluding hydrogens is 400 g/mol. The van der Waals surface area contributed by atoms with Crippen LogP contribution in [0, 0.1) is 0 Å². The number of H-pyrrole nitrogens is 1. The number of likely N-dealkylation sites (tertiary alicyclic amines) is 1. The highest BCUT2D eigenvalue weighted by molar-refractivity contribution is 6.07. The van der Waals surface area contributed by atoms with E-state index in [1.54, 1.807) is 12.4 Å². The number of nitrogens with zero attached hydrogens (tertiary/aromatic N) is 5. The van der Waals surface area contributed by atoms with Crippen molar-refractivity contribution >= 4 is 16.8 Å². The van der Waals surface area contributed by atoms with Crippen molar-refractivity contribution in [2.24, 2.45) is 0 Å². The lowest BCUT2D eigenvalue weighted by molar-refractivity contribution is 0.0713. The zero-order chi connectivity index (χ0) is 21.5. The molecule has 32 heavy (non-hydrogen) atoms. The molecule has 7 heteroatoms. The average Bonchev–Trinajstić information content (AvgIpc) is 3.60. The van der Waals surface area contributed by atoms with Crippen molar-refractivity contribution in [3.8, 4) is 11.3 Å². The molecule has 2 fully saturated rings. The van der Waals surface area contributed by atoms with Crippen LogP contribution in [-0.4, -0.2) is 49.0 Å². The van der Waals surface area contributed by atoms with Gasteiger partial charge in [-0.15, -0.1) is 0 Å². The number of aromatic amines is 1. The van der Waals surface area contributed by atoms with Gasteiger partial charge in [-0.1, -0.05) is 18.2 Å². The van der Waals surface area contributed by atoms with Gasteiger partial charge in [0.2, 0.25) is 0 Å². The number of hydrogen-bond donors (Lipinski definition) is 1. The molecule has 1 N–H and O–H groups in total. The largest absolute Gasteiger partial charge is 0.339 e. The second-order valence-corrected chi connectivity index (χ2v) is 8.73. The van der Waals surface area contributed by atoms with Crippen molar-refractivity contribution < 1.29 is 4.79 Å². The van der Waals surface area contributed by atoms with Gasteiger partial charge in [0.05, 0.1) is 16.8 Å². The van der Waals surface area contributed by atoms with Crippen LogP contribution in [0.2, 0.25) is 0 Å². The van der Waals surface area contributed by atoms with Gasteiger partial charge in [-0.25, -0.2) is 9.97 Å². The van der Waals surface area contributed by atoms with E-state index in [4.69, 9.17) is 9.97 Å². The number of hydrogen-bond acceptors (Lipinski definition) is 5. The molecule has 1 amide bonds. The number of amides is 1. The molecule has 1 saturated carbocycles. The van der Waals surface area contributed by atoms with Crippen LogP contribution in [0.4, 0.5) is 0 Å². The maximum absolute atomic E-state index is 13.6. The number of para-hydroxylation sites is 1. The van der Waals surface area contributed by atoms with Gasteiger partial charge in [0.15, 0.2) is 5.82 Å². The molecule has 1 aliphatic heterocycles. The predicted molar refractivity (Wildman–Crippen MR) is 121 cm³/mol. The third kappa shape index (κ3) is 3.53. The SMILES string of the molecule is O=C(c1cc(-c2ccncc2)nc2ccccc12)N1CCC(c2nc(C3CC3)n[nH]2)CC1. The molecule has 6 rings (SSSR count). The van der Waals surface area contributed by atoms with Crippen molar-refractivity contribution in [3.63, 3.8) is 0 Å². The molecule has 3 aromatic heterocycles. The first-order chi connectivity index (χ1) is 15.8. The second-order valence-electron chi connectivity index (χ2n) is 8.73. The first kappa shape index (κ1) is 19.1. The van der Waals surface area contributed by atoms with Gasteiger partial charge in [0.25, 0.3) is 5.91 Å². The Bertz CT molecular complexity index is 1270. The zero-order valence-corrected chi connectivity index (χ0v) is 17.7. The second kappa shape index (κ2) is 7.82. The summed E-state index contributed by atoms with van der Waals surface area (Å²) in [6.07, 6.45) is 7.68. The molecule has 1 aromatic carbocycles. The molecular formula is C25H24N6O. The monoisotopic (exact) mass is 424 g/mol. The van der Waals surface area contributed by atoms with Crippen molar-refractivity contribution in [1.29, 1.82) is 0 Å². The Balaban J connectivity index is 1.25. The van der Waals surface area contributed by atoms with E-state index < -0.39 is 0 Å². The van der Waals surface area contributed by atoms with E-state index >= 15 is 0 Å². The maximum Gasteiger partial charge on any atom is 0.254 e. The molecule has 0 bridgehead atoms. The fourth-order valence-electron chi connectivity index (χ4n) is 4.54. The quantitative estimate of drug-likeness (QED) is 0.527. The summed E-state index contributed by atoms with van der Waals surface area (Å²) in [5, 5.41) is 8.43. The van der Waals surface area contributed by atoms with Crippen LogP contribution in [0.15, 0.2) is 54.9 Å². The average molecular weight is 425 g/mol. The molecule has 0 spiro atoms. The van der Waals surface area contributed by atoms with Gasteiger partial charge < -0.3 is 4.90 Å². The summed E-state index contributed by atoms with van der Waals surface area (Å²) >= 11 is 0. The fraction of sp³-hybridized carbons (Fsp3) is 0.320. The first-order valence-electron chi connectivity index (χ1n) is 11.3. The first-order valence-corrected chi connectivity index (χ1v) is 11.3. The van der Waals surface area contributed by atoms with Crippen LogP contribution in [0.1, 0.15) is 59.5 Å². The van der Waals surface area contributed by atoms with Gasteiger partial charge >= 0.3 is 0 Å². The molecule has 1 saturated heterocycles. The van der Waals surface area contributed by atoms with E-state index in [1.807, 2.05) is 47.4 Å². The highest BCUT2D eigenvalue weighted by Gasteiger charge is 2.31. The number of aromatic nitrogens is 5. The summed E-state index contributed by atoms with van der Waals surface area (Å²) in [5.74, 6) is 2.89. The van der Waals surface area contributed by atoms with Crippen LogP contribution in [0.3, 0.4) is 0 Å². The highest BCUT2D eigenvalue weighted by Crippen LogP contribution is 2.38. The molecule has 160 valence electrons. The van der Waals surface area contributed by atoms with Crippen LogP contribution < -0.4 is 0 Å². The van der Waals surface area contributed by atoms with Crippen LogP contribution in [0.5, 0.6) is 0 Å². The minimum absolute atomic E-state index is 0.0635. The van der Waals surface area contributed by atoms with Crippen molar-refractivity contribution in [1.82, 2.24) is 30.0 Å². The Morgan fingerprint density at radius 3 is 2.50 bits per heavy atom. The Kier molecular flexibility index (Phi) is 4.67. The number of carbonyl (C=O) groups excluding carboxylic acids is 1. The topological polar surface area (TPSA) is 87.7 Å². The minimum atomic E-state index is 0.0635. The lowest BCUT2D eigenvalue weighted by Gasteiger charge is -2.31.